The van der Waals surface area contributed by atoms with Gasteiger partial charge in [-0.1, -0.05) is 60.7 Å². The van der Waals surface area contributed by atoms with Crippen LogP contribution in [0.15, 0.2) is 97.6 Å². The number of phenols is 1. The first kappa shape index (κ1) is 21.7. The lowest BCUT2D eigenvalue weighted by Crippen LogP contribution is -2.06. The first-order valence-electron chi connectivity index (χ1n) is 10.6. The predicted octanol–water partition coefficient (Wildman–Crippen LogP) is 6.26. The summed E-state index contributed by atoms with van der Waals surface area (Å²) in [6.45, 7) is 1.29. The van der Waals surface area contributed by atoms with Gasteiger partial charge in [-0.05, 0) is 46.9 Å². The number of para-hydroxylation sites is 1. The molecule has 4 nitrogen and oxygen atoms in total. The normalized spacial score (nSPS) is 11.8. The third kappa shape index (κ3) is 5.21. The number of phenolic OH excluding ortho intramolecular Hbond substituents is 1. The van der Waals surface area contributed by atoms with E-state index in [2.05, 4.69) is 17.1 Å². The zero-order chi connectivity index (χ0) is 22.2. The molecule has 5 heteroatoms. The Hall–Kier alpha value is -3.50. The van der Waals surface area contributed by atoms with E-state index < -0.39 is 0 Å². The molecule has 0 aliphatic carbocycles. The summed E-state index contributed by atoms with van der Waals surface area (Å²) < 4.78 is 7.88. The fourth-order valence-corrected chi connectivity index (χ4v) is 3.92. The van der Waals surface area contributed by atoms with Gasteiger partial charge in [0, 0.05) is 23.8 Å². The minimum absolute atomic E-state index is 0.242. The van der Waals surface area contributed by atoms with E-state index in [1.165, 1.54) is 0 Å². The van der Waals surface area contributed by atoms with Crippen LogP contribution < -0.4 is 4.74 Å². The largest absolute Gasteiger partial charge is 0.507 e. The van der Waals surface area contributed by atoms with Crippen LogP contribution in [0.4, 0.5) is 0 Å². The Bertz CT molecular complexity index is 1150. The van der Waals surface area contributed by atoms with Crippen LogP contribution in [0.2, 0.25) is 0 Å². The lowest BCUT2D eigenvalue weighted by Gasteiger charge is -2.18. The van der Waals surface area contributed by atoms with Crippen molar-refractivity contribution in [2.75, 3.05) is 12.5 Å². The summed E-state index contributed by atoms with van der Waals surface area (Å²) in [6, 6.07) is 25.6. The fraction of sp³-hybridized carbons (Fsp3) is 0.148. The number of ether oxygens (including phenoxy) is 1. The molecule has 1 N–H and O–H groups in total. The molecule has 0 fully saturated rings. The van der Waals surface area contributed by atoms with Crippen LogP contribution in [0.5, 0.6) is 11.5 Å². The molecule has 32 heavy (non-hydrogen) atoms. The topological polar surface area (TPSA) is 47.3 Å². The highest BCUT2D eigenvalue weighted by Crippen LogP contribution is 2.38. The van der Waals surface area contributed by atoms with E-state index in [4.69, 9.17) is 16.3 Å². The van der Waals surface area contributed by atoms with Crippen LogP contribution in [0.25, 0.3) is 11.1 Å². The highest BCUT2D eigenvalue weighted by Gasteiger charge is 2.16. The second-order valence-electron chi connectivity index (χ2n) is 7.35. The van der Waals surface area contributed by atoms with Crippen molar-refractivity contribution in [3.63, 3.8) is 0 Å². The molecule has 1 heterocycles. The van der Waals surface area contributed by atoms with Gasteiger partial charge < -0.3 is 14.4 Å². The molecule has 0 saturated carbocycles. The van der Waals surface area contributed by atoms with Crippen molar-refractivity contribution >= 4 is 22.7 Å². The molecule has 0 saturated heterocycles. The summed E-state index contributed by atoms with van der Waals surface area (Å²) in [5.41, 5.74) is 4.94. The average Bonchev–Trinajstić information content (AvgIpc) is 3.35. The van der Waals surface area contributed by atoms with Crippen LogP contribution in [0.3, 0.4) is 0 Å². The Morgan fingerprint density at radius 1 is 0.906 bits per heavy atom. The minimum Gasteiger partial charge on any atom is -0.507 e. The van der Waals surface area contributed by atoms with Crippen LogP contribution in [-0.2, 0) is 6.54 Å². The predicted molar refractivity (Wildman–Crippen MR) is 130 cm³/mol. The molecule has 0 atom stereocenters. The smallest absolute Gasteiger partial charge is 0.123 e. The lowest BCUT2D eigenvalue weighted by atomic mass is 9.88. The molecule has 0 aliphatic rings. The van der Waals surface area contributed by atoms with E-state index in [0.717, 1.165) is 40.1 Å². The van der Waals surface area contributed by atoms with E-state index in [0.29, 0.717) is 18.9 Å². The molecule has 162 valence electrons. The number of rotatable bonds is 9. The number of benzene rings is 3. The summed E-state index contributed by atoms with van der Waals surface area (Å²) in [5, 5.41) is 10.7. The van der Waals surface area contributed by atoms with Crippen molar-refractivity contribution in [1.82, 2.24) is 9.55 Å². The first-order valence-corrected chi connectivity index (χ1v) is 11.1. The monoisotopic (exact) mass is 444 g/mol. The van der Waals surface area contributed by atoms with Gasteiger partial charge in [0.05, 0.1) is 12.9 Å². The van der Waals surface area contributed by atoms with Crippen LogP contribution in [0, 0.1) is 0 Å². The number of imidazole rings is 1. The van der Waals surface area contributed by atoms with Crippen molar-refractivity contribution in [3.8, 4) is 11.5 Å². The molecule has 4 aromatic rings. The number of hydrogen-bond acceptors (Lipinski definition) is 3. The Kier molecular flexibility index (Phi) is 7.26. The maximum atomic E-state index is 10.7. The van der Waals surface area contributed by atoms with Crippen LogP contribution in [-0.4, -0.2) is 27.1 Å². The van der Waals surface area contributed by atoms with E-state index >= 15 is 0 Å². The van der Waals surface area contributed by atoms with Gasteiger partial charge in [-0.3, -0.25) is 0 Å². The quantitative estimate of drug-likeness (QED) is 0.245. The molecule has 0 aliphatic heterocycles. The summed E-state index contributed by atoms with van der Waals surface area (Å²) in [7, 11) is 0. The summed E-state index contributed by atoms with van der Waals surface area (Å²) in [6.07, 6.45) is 6.13. The molecule has 0 unspecified atom stereocenters. The van der Waals surface area contributed by atoms with Gasteiger partial charge in [0.25, 0.3) is 0 Å². The number of halogens is 1. The zero-order valence-corrected chi connectivity index (χ0v) is 18.4. The van der Waals surface area contributed by atoms with Gasteiger partial charge in [0.15, 0.2) is 0 Å². The zero-order valence-electron chi connectivity index (χ0n) is 17.7. The number of allylic oxidation sites excluding steroid dienone is 1. The fourth-order valence-electron chi connectivity index (χ4n) is 3.73. The SMILES string of the molecule is Oc1ccccc1C(=C(CCCl)c1ccccc1)c1ccc(OCCn2ccnc2)cc1. The molecule has 0 spiro atoms. The molecule has 3 aromatic carbocycles. The van der Waals surface area contributed by atoms with Gasteiger partial charge in [-0.2, -0.15) is 0 Å². The lowest BCUT2D eigenvalue weighted by molar-refractivity contribution is 0.298. The minimum atomic E-state index is 0.242. The second kappa shape index (κ2) is 10.7. The first-order chi connectivity index (χ1) is 15.8. The van der Waals surface area contributed by atoms with Crippen molar-refractivity contribution in [1.29, 1.82) is 0 Å². The van der Waals surface area contributed by atoms with Crippen molar-refractivity contribution in [3.05, 3.63) is 114 Å². The summed E-state index contributed by atoms with van der Waals surface area (Å²) >= 11 is 6.21. The third-order valence-electron chi connectivity index (χ3n) is 5.26. The van der Waals surface area contributed by atoms with E-state index in [1.807, 2.05) is 71.4 Å². The molecule has 4 rings (SSSR count). The van der Waals surface area contributed by atoms with Crippen molar-refractivity contribution in [2.24, 2.45) is 0 Å². The van der Waals surface area contributed by atoms with E-state index in [-0.39, 0.29) is 5.75 Å². The van der Waals surface area contributed by atoms with E-state index in [1.54, 1.807) is 18.6 Å². The molecule has 1 aromatic heterocycles. The molecule has 0 radical (unpaired) electrons. The summed E-state index contributed by atoms with van der Waals surface area (Å²) in [5.74, 6) is 1.52. The van der Waals surface area contributed by atoms with Crippen molar-refractivity contribution in [2.45, 2.75) is 13.0 Å². The van der Waals surface area contributed by atoms with Crippen LogP contribution >= 0.6 is 11.6 Å². The van der Waals surface area contributed by atoms with Gasteiger partial charge in [0.2, 0.25) is 0 Å². The molecule has 0 amide bonds. The summed E-state index contributed by atoms with van der Waals surface area (Å²) in [4.78, 5) is 4.04. The number of nitrogens with zero attached hydrogens (tertiary/aromatic N) is 2. The number of alkyl halides is 1. The second-order valence-corrected chi connectivity index (χ2v) is 7.73. The van der Waals surface area contributed by atoms with Crippen LogP contribution in [0.1, 0.15) is 23.1 Å². The maximum absolute atomic E-state index is 10.7. The third-order valence-corrected chi connectivity index (χ3v) is 5.45. The highest BCUT2D eigenvalue weighted by atomic mass is 35.5. The Morgan fingerprint density at radius 3 is 2.34 bits per heavy atom. The molecular weight excluding hydrogens is 420 g/mol. The Labute approximate surface area is 193 Å². The standard InChI is InChI=1S/C27H25ClN2O2/c28-15-14-24(21-6-2-1-3-7-21)27(25-8-4-5-9-26(25)31)22-10-12-23(13-11-22)32-19-18-30-17-16-29-20-30/h1-13,16-17,20,31H,14-15,18-19H2. The Balaban J connectivity index is 1.69. The van der Waals surface area contributed by atoms with Crippen molar-refractivity contribution < 1.29 is 9.84 Å². The highest BCUT2D eigenvalue weighted by molar-refractivity contribution is 6.18. The number of aromatic nitrogens is 2. The molecular formula is C27H25ClN2O2. The maximum Gasteiger partial charge on any atom is 0.123 e. The number of aromatic hydroxyl groups is 1. The Morgan fingerprint density at radius 2 is 1.66 bits per heavy atom. The number of hydrogen-bond donors (Lipinski definition) is 1. The van der Waals surface area contributed by atoms with Gasteiger partial charge in [-0.25, -0.2) is 4.98 Å². The van der Waals surface area contributed by atoms with Gasteiger partial charge in [-0.15, -0.1) is 11.6 Å². The average molecular weight is 445 g/mol. The molecule has 0 bridgehead atoms. The van der Waals surface area contributed by atoms with E-state index in [9.17, 15) is 5.11 Å². The van der Waals surface area contributed by atoms with Gasteiger partial charge >= 0.3 is 0 Å². The van der Waals surface area contributed by atoms with Gasteiger partial charge in [0.1, 0.15) is 18.1 Å².